The number of nitrogen functional groups attached to an aromatic ring is 1. The van der Waals surface area contributed by atoms with Gasteiger partial charge in [-0.3, -0.25) is 0 Å². The van der Waals surface area contributed by atoms with Crippen molar-refractivity contribution in [2.45, 2.75) is 37.9 Å². The lowest BCUT2D eigenvalue weighted by molar-refractivity contribution is -0.0750. The number of nitrogens with two attached hydrogens (primary N) is 1. The minimum Gasteiger partial charge on any atom is -0.398 e. The number of sulfonamides is 1. The van der Waals surface area contributed by atoms with Crippen molar-refractivity contribution in [1.82, 2.24) is 4.31 Å². The predicted octanol–water partition coefficient (Wildman–Crippen LogP) is 0.656. The standard InChI is InChI=1S/C14H22N2O4S/c1-9-4-13(15)11(3)14(5-9)21(18,19)16-6-10(2)20-12(7-16)8-17/h4-5,10,12,17H,6-8,15H2,1-3H3. The molecule has 1 saturated heterocycles. The Hall–Kier alpha value is -1.15. The lowest BCUT2D eigenvalue weighted by Gasteiger charge is -2.35. The number of benzene rings is 1. The van der Waals surface area contributed by atoms with E-state index >= 15 is 0 Å². The summed E-state index contributed by atoms with van der Waals surface area (Å²) in [5.74, 6) is 0. The van der Waals surface area contributed by atoms with E-state index in [0.29, 0.717) is 11.3 Å². The van der Waals surface area contributed by atoms with Crippen molar-refractivity contribution >= 4 is 15.7 Å². The molecule has 2 atom stereocenters. The second kappa shape index (κ2) is 5.92. The van der Waals surface area contributed by atoms with E-state index in [1.807, 2.05) is 6.92 Å². The van der Waals surface area contributed by atoms with Gasteiger partial charge in [-0.15, -0.1) is 0 Å². The van der Waals surface area contributed by atoms with Crippen LogP contribution in [0.5, 0.6) is 0 Å². The molecule has 1 aliphatic heterocycles. The summed E-state index contributed by atoms with van der Waals surface area (Å²) in [6.07, 6.45) is -0.751. The van der Waals surface area contributed by atoms with Crippen molar-refractivity contribution in [3.05, 3.63) is 23.3 Å². The fourth-order valence-corrected chi connectivity index (χ4v) is 4.45. The van der Waals surface area contributed by atoms with E-state index in [2.05, 4.69) is 0 Å². The molecule has 21 heavy (non-hydrogen) atoms. The Kier molecular flexibility index (Phi) is 4.57. The average Bonchev–Trinajstić information content (AvgIpc) is 2.41. The third-order valence-electron chi connectivity index (χ3n) is 3.66. The highest BCUT2D eigenvalue weighted by Gasteiger charge is 2.34. The zero-order chi connectivity index (χ0) is 15.8. The number of hydrogen-bond acceptors (Lipinski definition) is 5. The van der Waals surface area contributed by atoms with Gasteiger partial charge in [0.2, 0.25) is 10.0 Å². The average molecular weight is 314 g/mol. The minimum absolute atomic E-state index is 0.149. The topological polar surface area (TPSA) is 92.9 Å². The monoisotopic (exact) mass is 314 g/mol. The summed E-state index contributed by atoms with van der Waals surface area (Å²) in [5, 5.41) is 9.24. The molecular formula is C14H22N2O4S. The second-order valence-electron chi connectivity index (χ2n) is 5.55. The van der Waals surface area contributed by atoms with Crippen LogP contribution in [0.2, 0.25) is 0 Å². The maximum Gasteiger partial charge on any atom is 0.243 e. The number of anilines is 1. The van der Waals surface area contributed by atoms with Gasteiger partial charge < -0.3 is 15.6 Å². The van der Waals surface area contributed by atoms with E-state index in [1.165, 1.54) is 4.31 Å². The smallest absolute Gasteiger partial charge is 0.243 e. The maximum atomic E-state index is 12.9. The fraction of sp³-hybridized carbons (Fsp3) is 0.571. The van der Waals surface area contributed by atoms with Gasteiger partial charge in [-0.1, -0.05) is 0 Å². The summed E-state index contributed by atoms with van der Waals surface area (Å²) in [6.45, 7) is 5.53. The number of morpholine rings is 1. The van der Waals surface area contributed by atoms with Gasteiger partial charge >= 0.3 is 0 Å². The first-order valence-corrected chi connectivity index (χ1v) is 8.33. The summed E-state index contributed by atoms with van der Waals surface area (Å²) in [4.78, 5) is 0.228. The van der Waals surface area contributed by atoms with E-state index in [0.717, 1.165) is 5.56 Å². The molecule has 0 amide bonds. The molecule has 0 saturated carbocycles. The first-order valence-electron chi connectivity index (χ1n) is 6.89. The van der Waals surface area contributed by atoms with Gasteiger partial charge in [0.15, 0.2) is 0 Å². The lowest BCUT2D eigenvalue weighted by Crippen LogP contribution is -2.50. The first kappa shape index (κ1) is 16.2. The Labute approximate surface area is 125 Å². The Morgan fingerprint density at radius 1 is 1.38 bits per heavy atom. The Balaban J connectivity index is 2.42. The zero-order valence-electron chi connectivity index (χ0n) is 12.5. The van der Waals surface area contributed by atoms with Crippen LogP contribution in [0, 0.1) is 13.8 Å². The SMILES string of the molecule is Cc1cc(N)c(C)c(S(=O)(=O)N2CC(C)OC(CO)C2)c1. The third kappa shape index (κ3) is 3.21. The van der Waals surface area contributed by atoms with Gasteiger partial charge in [0, 0.05) is 18.8 Å². The number of aliphatic hydroxyl groups is 1. The minimum atomic E-state index is -3.65. The van der Waals surface area contributed by atoms with Gasteiger partial charge in [-0.2, -0.15) is 4.31 Å². The number of aryl methyl sites for hydroxylation is 1. The molecule has 1 aliphatic rings. The molecule has 0 aromatic heterocycles. The van der Waals surface area contributed by atoms with Gasteiger partial charge in [-0.05, 0) is 44.0 Å². The molecule has 6 nitrogen and oxygen atoms in total. The van der Waals surface area contributed by atoms with E-state index in [-0.39, 0.29) is 30.7 Å². The van der Waals surface area contributed by atoms with Gasteiger partial charge in [-0.25, -0.2) is 8.42 Å². The lowest BCUT2D eigenvalue weighted by atomic mass is 10.1. The quantitative estimate of drug-likeness (QED) is 0.799. The van der Waals surface area contributed by atoms with E-state index in [9.17, 15) is 13.5 Å². The largest absolute Gasteiger partial charge is 0.398 e. The molecule has 1 aromatic carbocycles. The van der Waals surface area contributed by atoms with Crippen LogP contribution in [0.3, 0.4) is 0 Å². The van der Waals surface area contributed by atoms with Crippen molar-refractivity contribution < 1.29 is 18.3 Å². The molecule has 1 heterocycles. The van der Waals surface area contributed by atoms with Gasteiger partial charge in [0.25, 0.3) is 0 Å². The highest BCUT2D eigenvalue weighted by atomic mass is 32.2. The molecule has 2 unspecified atom stereocenters. The van der Waals surface area contributed by atoms with E-state index in [1.54, 1.807) is 26.0 Å². The maximum absolute atomic E-state index is 12.9. The van der Waals surface area contributed by atoms with Crippen LogP contribution in [0.25, 0.3) is 0 Å². The van der Waals surface area contributed by atoms with Gasteiger partial charge in [0.1, 0.15) is 0 Å². The third-order valence-corrected chi connectivity index (χ3v) is 5.62. The Morgan fingerprint density at radius 3 is 2.67 bits per heavy atom. The molecule has 0 aliphatic carbocycles. The van der Waals surface area contributed by atoms with Crippen LogP contribution in [0.4, 0.5) is 5.69 Å². The number of aliphatic hydroxyl groups excluding tert-OH is 1. The molecule has 3 N–H and O–H groups in total. The molecule has 2 rings (SSSR count). The van der Waals surface area contributed by atoms with Crippen LogP contribution >= 0.6 is 0 Å². The molecular weight excluding hydrogens is 292 g/mol. The van der Waals surface area contributed by atoms with Crippen LogP contribution in [-0.2, 0) is 14.8 Å². The van der Waals surface area contributed by atoms with Crippen LogP contribution in [-0.4, -0.2) is 49.7 Å². The fourth-order valence-electron chi connectivity index (χ4n) is 2.56. The number of hydrogen-bond donors (Lipinski definition) is 2. The van der Waals surface area contributed by atoms with Crippen LogP contribution in [0.15, 0.2) is 17.0 Å². The number of rotatable bonds is 3. The number of nitrogens with zero attached hydrogens (tertiary/aromatic N) is 1. The first-order chi connectivity index (χ1) is 9.75. The predicted molar refractivity (Wildman–Crippen MR) is 80.5 cm³/mol. The highest BCUT2D eigenvalue weighted by Crippen LogP contribution is 2.27. The summed E-state index contributed by atoms with van der Waals surface area (Å²) in [7, 11) is -3.65. The van der Waals surface area contributed by atoms with Crippen molar-refractivity contribution in [2.24, 2.45) is 0 Å². The van der Waals surface area contributed by atoms with Crippen molar-refractivity contribution in [2.75, 3.05) is 25.4 Å². The molecule has 1 fully saturated rings. The van der Waals surface area contributed by atoms with Crippen molar-refractivity contribution in [3.63, 3.8) is 0 Å². The van der Waals surface area contributed by atoms with Crippen LogP contribution in [0.1, 0.15) is 18.1 Å². The second-order valence-corrected chi connectivity index (χ2v) is 7.46. The van der Waals surface area contributed by atoms with E-state index in [4.69, 9.17) is 10.5 Å². The van der Waals surface area contributed by atoms with Gasteiger partial charge in [0.05, 0.1) is 23.7 Å². The highest BCUT2D eigenvalue weighted by molar-refractivity contribution is 7.89. The number of ether oxygens (including phenoxy) is 1. The Morgan fingerprint density at radius 2 is 2.05 bits per heavy atom. The van der Waals surface area contributed by atoms with Crippen molar-refractivity contribution in [3.8, 4) is 0 Å². The molecule has 0 radical (unpaired) electrons. The zero-order valence-corrected chi connectivity index (χ0v) is 13.4. The summed E-state index contributed by atoms with van der Waals surface area (Å²) in [5.41, 5.74) is 7.71. The van der Waals surface area contributed by atoms with Crippen LogP contribution < -0.4 is 5.73 Å². The van der Waals surface area contributed by atoms with E-state index < -0.39 is 16.1 Å². The summed E-state index contributed by atoms with van der Waals surface area (Å²) in [6, 6.07) is 3.39. The van der Waals surface area contributed by atoms with Crippen molar-refractivity contribution in [1.29, 1.82) is 0 Å². The molecule has 0 bridgehead atoms. The molecule has 118 valence electrons. The summed E-state index contributed by atoms with van der Waals surface area (Å²) < 4.78 is 32.6. The molecule has 1 aromatic rings. The molecule has 0 spiro atoms. The normalized spacial score (nSPS) is 24.2. The molecule has 7 heteroatoms. The summed E-state index contributed by atoms with van der Waals surface area (Å²) >= 11 is 0. The Bertz CT molecular complexity index is 630.